The largest absolute Gasteiger partial charge is 0.491 e. The molecule has 2 rings (SSSR count). The van der Waals surface area contributed by atoms with Crippen molar-refractivity contribution >= 4 is 5.91 Å². The third-order valence-corrected chi connectivity index (χ3v) is 4.39. The highest BCUT2D eigenvalue weighted by atomic mass is 16.5. The highest BCUT2D eigenvalue weighted by molar-refractivity contribution is 5.79. The quantitative estimate of drug-likeness (QED) is 0.812. The average Bonchev–Trinajstić information content (AvgIpc) is 2.93. The number of rotatable bonds is 7. The molecule has 0 bridgehead atoms. The molecule has 0 heterocycles. The van der Waals surface area contributed by atoms with Crippen molar-refractivity contribution in [3.63, 3.8) is 0 Å². The zero-order valence-corrected chi connectivity index (χ0v) is 14.5. The molecule has 1 amide bonds. The number of carbonyl (C=O) groups excluding carboxylic acids is 1. The Bertz CT molecular complexity index is 499. The van der Waals surface area contributed by atoms with Crippen LogP contribution in [-0.4, -0.2) is 24.1 Å². The van der Waals surface area contributed by atoms with Gasteiger partial charge in [0.2, 0.25) is 5.91 Å². The summed E-state index contributed by atoms with van der Waals surface area (Å²) in [7, 11) is 0. The lowest BCUT2D eigenvalue weighted by Crippen LogP contribution is -2.37. The van der Waals surface area contributed by atoms with Crippen molar-refractivity contribution in [3.8, 4) is 5.75 Å². The molecule has 4 nitrogen and oxygen atoms in total. The molecule has 0 radical (unpaired) electrons. The molecule has 1 fully saturated rings. The van der Waals surface area contributed by atoms with E-state index >= 15 is 0 Å². The Hall–Kier alpha value is -1.55. The summed E-state index contributed by atoms with van der Waals surface area (Å²) in [6.07, 6.45) is 4.81. The van der Waals surface area contributed by atoms with Crippen molar-refractivity contribution < 1.29 is 9.53 Å². The van der Waals surface area contributed by atoms with E-state index in [1.807, 2.05) is 26.0 Å². The van der Waals surface area contributed by atoms with Crippen LogP contribution in [0.5, 0.6) is 5.75 Å². The van der Waals surface area contributed by atoms with E-state index in [0.717, 1.165) is 37.9 Å². The highest BCUT2D eigenvalue weighted by Crippen LogP contribution is 2.24. The molecule has 0 aliphatic heterocycles. The number of nitrogens with two attached hydrogens (primary N) is 1. The number of amides is 1. The number of nitrogens with one attached hydrogen (secondary N) is 1. The smallest absolute Gasteiger partial charge is 0.223 e. The summed E-state index contributed by atoms with van der Waals surface area (Å²) in [4.78, 5) is 12.2. The molecule has 3 atom stereocenters. The van der Waals surface area contributed by atoms with E-state index in [1.54, 1.807) is 0 Å². The lowest BCUT2D eigenvalue weighted by molar-refractivity contribution is -0.125. The van der Waals surface area contributed by atoms with Gasteiger partial charge in [-0.2, -0.15) is 0 Å². The van der Waals surface area contributed by atoms with Crippen LogP contribution in [0.15, 0.2) is 24.3 Å². The minimum atomic E-state index is 0.111. The van der Waals surface area contributed by atoms with E-state index in [4.69, 9.17) is 10.5 Å². The van der Waals surface area contributed by atoms with Gasteiger partial charge in [0, 0.05) is 18.0 Å². The number of hydrogen-bond acceptors (Lipinski definition) is 3. The molecule has 1 aliphatic carbocycles. The fourth-order valence-electron chi connectivity index (χ4n) is 3.08. The summed E-state index contributed by atoms with van der Waals surface area (Å²) < 4.78 is 5.65. The van der Waals surface area contributed by atoms with Gasteiger partial charge in [-0.1, -0.05) is 12.1 Å². The monoisotopic (exact) mass is 318 g/mol. The minimum Gasteiger partial charge on any atom is -0.491 e. The van der Waals surface area contributed by atoms with E-state index in [0.29, 0.717) is 0 Å². The van der Waals surface area contributed by atoms with Crippen molar-refractivity contribution in [1.82, 2.24) is 5.32 Å². The van der Waals surface area contributed by atoms with Gasteiger partial charge in [-0.05, 0) is 70.6 Å². The second-order valence-electron chi connectivity index (χ2n) is 7.03. The zero-order valence-electron chi connectivity index (χ0n) is 14.5. The van der Waals surface area contributed by atoms with Gasteiger partial charge in [0.25, 0.3) is 0 Å². The molecule has 1 aromatic carbocycles. The Balaban J connectivity index is 1.73. The van der Waals surface area contributed by atoms with Crippen LogP contribution in [0.2, 0.25) is 0 Å². The molecule has 0 spiro atoms. The predicted molar refractivity (Wildman–Crippen MR) is 93.4 cm³/mol. The Kier molecular flexibility index (Phi) is 6.46. The fraction of sp³-hybridized carbons (Fsp3) is 0.632. The molecule has 3 N–H and O–H groups in total. The second kappa shape index (κ2) is 8.34. The Labute approximate surface area is 139 Å². The molecule has 1 aliphatic rings. The molecule has 4 heteroatoms. The first kappa shape index (κ1) is 17.8. The Morgan fingerprint density at radius 3 is 2.52 bits per heavy atom. The summed E-state index contributed by atoms with van der Waals surface area (Å²) >= 11 is 0. The summed E-state index contributed by atoms with van der Waals surface area (Å²) in [5, 5.41) is 3.13. The molecule has 3 unspecified atom stereocenters. The van der Waals surface area contributed by atoms with Crippen LogP contribution in [0.4, 0.5) is 0 Å². The lowest BCUT2D eigenvalue weighted by Gasteiger charge is -2.17. The standard InChI is InChI=1S/C19H30N2O2/c1-13(2)23-18-10-6-15(7-11-18)5-4-14(3)21-19(22)16-8-9-17(20)12-16/h6-7,10-11,13-14,16-17H,4-5,8-9,12,20H2,1-3H3,(H,21,22). The van der Waals surface area contributed by atoms with Gasteiger partial charge in [-0.15, -0.1) is 0 Å². The SMILES string of the molecule is CC(CCc1ccc(OC(C)C)cc1)NC(=O)C1CCC(N)C1. The number of carbonyl (C=O) groups is 1. The topological polar surface area (TPSA) is 64.3 Å². The third-order valence-electron chi connectivity index (χ3n) is 4.39. The summed E-state index contributed by atoms with van der Waals surface area (Å²) in [6, 6.07) is 8.61. The van der Waals surface area contributed by atoms with E-state index in [9.17, 15) is 4.79 Å². The molecule has 128 valence electrons. The first-order valence-electron chi connectivity index (χ1n) is 8.75. The first-order chi connectivity index (χ1) is 10.9. The first-order valence-corrected chi connectivity index (χ1v) is 8.75. The normalized spacial score (nSPS) is 22.1. The van der Waals surface area contributed by atoms with E-state index in [-0.39, 0.29) is 30.0 Å². The molecule has 1 aromatic rings. The van der Waals surface area contributed by atoms with Crippen LogP contribution in [0.25, 0.3) is 0 Å². The van der Waals surface area contributed by atoms with Crippen LogP contribution in [-0.2, 0) is 11.2 Å². The van der Waals surface area contributed by atoms with Gasteiger partial charge in [-0.25, -0.2) is 0 Å². The van der Waals surface area contributed by atoms with Gasteiger partial charge >= 0.3 is 0 Å². The zero-order chi connectivity index (χ0) is 16.8. The molecular formula is C19H30N2O2. The maximum atomic E-state index is 12.2. The Morgan fingerprint density at radius 2 is 1.96 bits per heavy atom. The molecule has 0 aromatic heterocycles. The molecular weight excluding hydrogens is 288 g/mol. The third kappa shape index (κ3) is 5.87. The van der Waals surface area contributed by atoms with Gasteiger partial charge in [0.15, 0.2) is 0 Å². The molecule has 23 heavy (non-hydrogen) atoms. The van der Waals surface area contributed by atoms with Gasteiger partial charge in [-0.3, -0.25) is 4.79 Å². The van der Waals surface area contributed by atoms with Crippen LogP contribution in [0.3, 0.4) is 0 Å². The van der Waals surface area contributed by atoms with E-state index in [1.165, 1.54) is 5.56 Å². The number of ether oxygens (including phenoxy) is 1. The average molecular weight is 318 g/mol. The van der Waals surface area contributed by atoms with Gasteiger partial charge < -0.3 is 15.8 Å². The van der Waals surface area contributed by atoms with Crippen molar-refractivity contribution in [1.29, 1.82) is 0 Å². The highest BCUT2D eigenvalue weighted by Gasteiger charge is 2.28. The van der Waals surface area contributed by atoms with Crippen LogP contribution >= 0.6 is 0 Å². The summed E-state index contributed by atoms with van der Waals surface area (Å²) in [6.45, 7) is 6.12. The summed E-state index contributed by atoms with van der Waals surface area (Å²) in [5.74, 6) is 1.19. The molecule has 0 saturated heterocycles. The maximum Gasteiger partial charge on any atom is 0.223 e. The number of aryl methyl sites for hydroxylation is 1. The van der Waals surface area contributed by atoms with Crippen LogP contribution in [0.1, 0.15) is 52.0 Å². The second-order valence-corrected chi connectivity index (χ2v) is 7.03. The fourth-order valence-corrected chi connectivity index (χ4v) is 3.08. The maximum absolute atomic E-state index is 12.2. The van der Waals surface area contributed by atoms with Crippen molar-refractivity contribution in [2.45, 2.75) is 71.1 Å². The lowest BCUT2D eigenvalue weighted by atomic mass is 10.0. The predicted octanol–water partition coefficient (Wildman–Crippen LogP) is 3.04. The van der Waals surface area contributed by atoms with Crippen LogP contribution < -0.4 is 15.8 Å². The molecule has 1 saturated carbocycles. The summed E-state index contributed by atoms with van der Waals surface area (Å²) in [5.41, 5.74) is 7.15. The Morgan fingerprint density at radius 1 is 1.26 bits per heavy atom. The van der Waals surface area contributed by atoms with E-state index < -0.39 is 0 Å². The minimum absolute atomic E-state index is 0.111. The van der Waals surface area contributed by atoms with E-state index in [2.05, 4.69) is 24.4 Å². The van der Waals surface area contributed by atoms with Crippen molar-refractivity contribution in [3.05, 3.63) is 29.8 Å². The van der Waals surface area contributed by atoms with Gasteiger partial charge in [0.05, 0.1) is 6.10 Å². The van der Waals surface area contributed by atoms with Gasteiger partial charge in [0.1, 0.15) is 5.75 Å². The van der Waals surface area contributed by atoms with Crippen molar-refractivity contribution in [2.24, 2.45) is 11.7 Å². The van der Waals surface area contributed by atoms with Crippen molar-refractivity contribution in [2.75, 3.05) is 0 Å². The number of benzene rings is 1. The van der Waals surface area contributed by atoms with Crippen LogP contribution in [0, 0.1) is 5.92 Å². The number of hydrogen-bond donors (Lipinski definition) is 2.